The smallest absolute Gasteiger partial charge is 0.271 e. The van der Waals surface area contributed by atoms with E-state index >= 15 is 0 Å². The summed E-state index contributed by atoms with van der Waals surface area (Å²) in [7, 11) is 0. The molecule has 3 aromatic rings. The zero-order chi connectivity index (χ0) is 16.2. The number of carbonyl (C=O) groups is 1. The van der Waals surface area contributed by atoms with Crippen molar-refractivity contribution in [1.82, 2.24) is 20.3 Å². The highest BCUT2D eigenvalue weighted by molar-refractivity contribution is 7.15. The van der Waals surface area contributed by atoms with Crippen LogP contribution in [0.3, 0.4) is 0 Å². The second kappa shape index (κ2) is 6.70. The van der Waals surface area contributed by atoms with Crippen molar-refractivity contribution in [3.05, 3.63) is 59.0 Å². The van der Waals surface area contributed by atoms with Gasteiger partial charge in [0, 0.05) is 24.9 Å². The minimum atomic E-state index is -0.334. The van der Waals surface area contributed by atoms with Gasteiger partial charge in [-0.05, 0) is 24.6 Å². The Bertz CT molecular complexity index is 813. The Morgan fingerprint density at radius 3 is 3.04 bits per heavy atom. The number of halogens is 1. The number of benzene rings is 1. The van der Waals surface area contributed by atoms with E-state index in [0.717, 1.165) is 10.7 Å². The summed E-state index contributed by atoms with van der Waals surface area (Å²) < 4.78 is 13.4. The zero-order valence-corrected chi connectivity index (χ0v) is 13.3. The van der Waals surface area contributed by atoms with E-state index in [1.54, 1.807) is 24.7 Å². The van der Waals surface area contributed by atoms with Gasteiger partial charge in [-0.2, -0.15) is 0 Å². The quantitative estimate of drug-likeness (QED) is 0.755. The van der Waals surface area contributed by atoms with E-state index in [1.165, 1.54) is 23.5 Å². The van der Waals surface area contributed by atoms with Crippen molar-refractivity contribution < 1.29 is 9.18 Å². The summed E-state index contributed by atoms with van der Waals surface area (Å²) in [6.07, 6.45) is 3.98. The maximum atomic E-state index is 13.4. The molecule has 0 aliphatic heterocycles. The van der Waals surface area contributed by atoms with E-state index in [0.29, 0.717) is 29.1 Å². The number of hydrogen-bond acceptors (Lipinski definition) is 4. The number of rotatable bonds is 5. The normalized spacial score (nSPS) is 10.7. The number of thiazole rings is 1. The maximum absolute atomic E-state index is 13.4. The summed E-state index contributed by atoms with van der Waals surface area (Å²) in [5, 5.41) is 3.61. The lowest BCUT2D eigenvalue weighted by atomic mass is 10.1. The molecule has 0 atom stereocenters. The summed E-state index contributed by atoms with van der Waals surface area (Å²) in [6, 6.07) is 6.19. The summed E-state index contributed by atoms with van der Waals surface area (Å²) in [4.78, 5) is 24.3. The van der Waals surface area contributed by atoms with Crippen LogP contribution in [0.15, 0.2) is 36.8 Å². The summed E-state index contributed by atoms with van der Waals surface area (Å²) >= 11 is 1.38. The van der Waals surface area contributed by atoms with Crippen LogP contribution in [0.2, 0.25) is 0 Å². The van der Waals surface area contributed by atoms with Crippen LogP contribution in [0.25, 0.3) is 10.4 Å². The van der Waals surface area contributed by atoms with Gasteiger partial charge in [-0.1, -0.05) is 12.1 Å². The third-order valence-corrected chi connectivity index (χ3v) is 4.29. The lowest BCUT2D eigenvalue weighted by Crippen LogP contribution is -2.26. The first-order chi connectivity index (χ1) is 11.1. The first-order valence-electron chi connectivity index (χ1n) is 7.12. The molecule has 0 saturated heterocycles. The first-order valence-corrected chi connectivity index (χ1v) is 7.94. The van der Waals surface area contributed by atoms with Gasteiger partial charge < -0.3 is 10.3 Å². The van der Waals surface area contributed by atoms with Crippen LogP contribution in [0, 0.1) is 12.7 Å². The Balaban J connectivity index is 1.75. The lowest BCUT2D eigenvalue weighted by Gasteiger charge is -2.05. The van der Waals surface area contributed by atoms with E-state index in [9.17, 15) is 9.18 Å². The molecule has 1 aromatic carbocycles. The van der Waals surface area contributed by atoms with Gasteiger partial charge in [0.25, 0.3) is 5.91 Å². The Morgan fingerprint density at radius 2 is 2.30 bits per heavy atom. The molecule has 0 saturated carbocycles. The van der Waals surface area contributed by atoms with Gasteiger partial charge in [0.05, 0.1) is 16.2 Å². The van der Waals surface area contributed by atoms with Gasteiger partial charge in [0.2, 0.25) is 0 Å². The van der Waals surface area contributed by atoms with Gasteiger partial charge >= 0.3 is 0 Å². The standard InChI is InChI=1S/C16H15FN4OS/c1-10-21-14(15(23-10)11-3-2-4-12(17)7-11)16(22)19-6-5-13-8-18-9-20-13/h2-4,7-9H,5-6H2,1H3,(H,18,20)(H,19,22). The van der Waals surface area contributed by atoms with Crippen LogP contribution >= 0.6 is 11.3 Å². The Morgan fingerprint density at radius 1 is 1.43 bits per heavy atom. The number of imidazole rings is 1. The molecular formula is C16H15FN4OS. The lowest BCUT2D eigenvalue weighted by molar-refractivity contribution is 0.0950. The largest absolute Gasteiger partial charge is 0.350 e. The Hall–Kier alpha value is -2.54. The van der Waals surface area contributed by atoms with E-state index in [1.807, 2.05) is 6.92 Å². The number of carbonyl (C=O) groups excluding carboxylic acids is 1. The molecule has 5 nitrogen and oxygen atoms in total. The molecule has 7 heteroatoms. The molecule has 0 unspecified atom stereocenters. The molecule has 0 radical (unpaired) electrons. The molecule has 0 aliphatic rings. The number of aromatic nitrogens is 3. The monoisotopic (exact) mass is 330 g/mol. The maximum Gasteiger partial charge on any atom is 0.271 e. The topological polar surface area (TPSA) is 70.7 Å². The van der Waals surface area contributed by atoms with Crippen molar-refractivity contribution in [1.29, 1.82) is 0 Å². The SMILES string of the molecule is Cc1nc(C(=O)NCCc2cnc[nH]2)c(-c2cccc(F)c2)s1. The summed E-state index contributed by atoms with van der Waals surface area (Å²) in [5.74, 6) is -0.590. The molecule has 2 N–H and O–H groups in total. The van der Waals surface area contributed by atoms with Crippen molar-refractivity contribution in [2.24, 2.45) is 0 Å². The van der Waals surface area contributed by atoms with Gasteiger partial charge in [-0.3, -0.25) is 4.79 Å². The minimum absolute atomic E-state index is 0.256. The third-order valence-electron chi connectivity index (χ3n) is 3.27. The van der Waals surface area contributed by atoms with Crippen LogP contribution in [0.4, 0.5) is 4.39 Å². The predicted molar refractivity (Wildman–Crippen MR) is 86.9 cm³/mol. The Kier molecular flexibility index (Phi) is 4.47. The highest BCUT2D eigenvalue weighted by Gasteiger charge is 2.18. The molecule has 0 bridgehead atoms. The molecule has 2 heterocycles. The molecular weight excluding hydrogens is 315 g/mol. The fraction of sp³-hybridized carbons (Fsp3) is 0.188. The number of amides is 1. The van der Waals surface area contributed by atoms with Crippen LogP contribution in [0.5, 0.6) is 0 Å². The summed E-state index contributed by atoms with van der Waals surface area (Å²) in [5.41, 5.74) is 1.95. The van der Waals surface area contributed by atoms with Gasteiger partial charge in [-0.15, -0.1) is 11.3 Å². The molecule has 2 aromatic heterocycles. The van der Waals surface area contributed by atoms with Crippen molar-refractivity contribution in [2.45, 2.75) is 13.3 Å². The minimum Gasteiger partial charge on any atom is -0.350 e. The fourth-order valence-electron chi connectivity index (χ4n) is 2.22. The van der Waals surface area contributed by atoms with E-state index < -0.39 is 0 Å². The molecule has 3 rings (SSSR count). The van der Waals surface area contributed by atoms with Crippen molar-refractivity contribution >= 4 is 17.2 Å². The number of H-pyrrole nitrogens is 1. The van der Waals surface area contributed by atoms with Gasteiger partial charge in [0.15, 0.2) is 0 Å². The van der Waals surface area contributed by atoms with E-state index in [4.69, 9.17) is 0 Å². The fourth-order valence-corrected chi connectivity index (χ4v) is 3.13. The third kappa shape index (κ3) is 3.62. The van der Waals surface area contributed by atoms with Crippen LogP contribution in [-0.4, -0.2) is 27.4 Å². The van der Waals surface area contributed by atoms with Crippen LogP contribution < -0.4 is 5.32 Å². The molecule has 118 valence electrons. The molecule has 0 aliphatic carbocycles. The second-order valence-electron chi connectivity index (χ2n) is 5.00. The highest BCUT2D eigenvalue weighted by Crippen LogP contribution is 2.30. The first kappa shape index (κ1) is 15.4. The molecule has 0 spiro atoms. The second-order valence-corrected chi connectivity index (χ2v) is 6.21. The average molecular weight is 330 g/mol. The zero-order valence-electron chi connectivity index (χ0n) is 12.5. The van der Waals surface area contributed by atoms with Crippen LogP contribution in [-0.2, 0) is 6.42 Å². The number of nitrogens with one attached hydrogen (secondary N) is 2. The van der Waals surface area contributed by atoms with Crippen LogP contribution in [0.1, 0.15) is 21.2 Å². The summed E-state index contributed by atoms with van der Waals surface area (Å²) in [6.45, 7) is 2.30. The van der Waals surface area contributed by atoms with Crippen molar-refractivity contribution in [3.8, 4) is 10.4 Å². The number of nitrogens with zero attached hydrogens (tertiary/aromatic N) is 2. The van der Waals surface area contributed by atoms with E-state index in [-0.39, 0.29) is 11.7 Å². The average Bonchev–Trinajstić information content (AvgIpc) is 3.16. The predicted octanol–water partition coefficient (Wildman–Crippen LogP) is 2.95. The molecule has 23 heavy (non-hydrogen) atoms. The number of aromatic amines is 1. The Labute approximate surface area is 136 Å². The number of hydrogen-bond donors (Lipinski definition) is 2. The number of aryl methyl sites for hydroxylation is 1. The molecule has 1 amide bonds. The van der Waals surface area contributed by atoms with E-state index in [2.05, 4.69) is 20.3 Å². The molecule has 0 fully saturated rings. The van der Waals surface area contributed by atoms with Gasteiger partial charge in [-0.25, -0.2) is 14.4 Å². The highest BCUT2D eigenvalue weighted by atomic mass is 32.1. The van der Waals surface area contributed by atoms with Gasteiger partial charge in [0.1, 0.15) is 11.5 Å². The van der Waals surface area contributed by atoms with Crippen molar-refractivity contribution in [3.63, 3.8) is 0 Å². The van der Waals surface area contributed by atoms with Crippen molar-refractivity contribution in [2.75, 3.05) is 6.54 Å².